The van der Waals surface area contributed by atoms with E-state index in [2.05, 4.69) is 52.9 Å². The third-order valence-electron chi connectivity index (χ3n) is 4.38. The van der Waals surface area contributed by atoms with Crippen molar-refractivity contribution in [2.75, 3.05) is 44.0 Å². The quantitative estimate of drug-likeness (QED) is 0.383. The normalized spacial score (nSPS) is 13.7. The van der Waals surface area contributed by atoms with E-state index in [1.54, 1.807) is 0 Å². The molecule has 0 spiro atoms. The highest BCUT2D eigenvalue weighted by atomic mass is 79.9. The summed E-state index contributed by atoms with van der Waals surface area (Å²) in [6.45, 7) is 3.86. The number of aromatic nitrogens is 2. The van der Waals surface area contributed by atoms with Gasteiger partial charge in [-0.25, -0.2) is 4.98 Å². The molecule has 1 aromatic heterocycles. The van der Waals surface area contributed by atoms with Gasteiger partial charge in [-0.05, 0) is 59.2 Å². The summed E-state index contributed by atoms with van der Waals surface area (Å²) in [6, 6.07) is 3.93. The topological polar surface area (TPSA) is 56.5 Å². The molecular weight excluding hydrogens is 428 g/mol. The van der Waals surface area contributed by atoms with Gasteiger partial charge >= 0.3 is 0 Å². The zero-order chi connectivity index (χ0) is 20.1. The van der Waals surface area contributed by atoms with Crippen molar-refractivity contribution in [3.05, 3.63) is 22.4 Å². The molecule has 0 saturated heterocycles. The van der Waals surface area contributed by atoms with E-state index in [1.165, 1.54) is 6.42 Å². The number of hydrogen-bond donors (Lipinski definition) is 2. The molecule has 0 radical (unpaired) electrons. The van der Waals surface area contributed by atoms with Crippen LogP contribution >= 0.6 is 25.1 Å². The van der Waals surface area contributed by atoms with Crippen LogP contribution in [0.2, 0.25) is 0 Å². The van der Waals surface area contributed by atoms with Crippen LogP contribution in [0.1, 0.15) is 32.0 Å². The average molecular weight is 463 g/mol. The lowest BCUT2D eigenvalue weighted by molar-refractivity contribution is 0.0867. The highest BCUT2D eigenvalue weighted by Gasteiger charge is 2.18. The maximum atomic E-state index is 9.71. The first-order chi connectivity index (χ1) is 12.6. The second-order valence-corrected chi connectivity index (χ2v) is 18.3. The summed E-state index contributed by atoms with van der Waals surface area (Å²) in [5.74, 6) is 2.48. The van der Waals surface area contributed by atoms with Gasteiger partial charge < -0.3 is 19.1 Å². The molecule has 5 nitrogen and oxygen atoms in total. The van der Waals surface area contributed by atoms with Crippen LogP contribution in [0.25, 0.3) is 11.0 Å². The molecule has 0 atom stereocenters. The van der Waals surface area contributed by atoms with Crippen molar-refractivity contribution in [1.82, 2.24) is 9.55 Å². The van der Waals surface area contributed by atoms with Gasteiger partial charge in [0.2, 0.25) is 0 Å². The lowest BCUT2D eigenvalue weighted by Crippen LogP contribution is -2.20. The molecule has 0 saturated carbocycles. The van der Waals surface area contributed by atoms with Gasteiger partial charge in [-0.2, -0.15) is 0 Å². The molecule has 2 aromatic rings. The van der Waals surface area contributed by atoms with Crippen LogP contribution in [-0.2, 0) is 18.1 Å². The standard InChI is InChI=1S/C20H35BrN2O3S/c1-6-7-8-9-26-19-13-17-18(12-16(19)21)23(20(14-24)22-17)15-25-10-11-27(2,3,4)5/h12-13,24,27H,6-11,14-15H2,1-5H3. The summed E-state index contributed by atoms with van der Waals surface area (Å²) in [5, 5.41) is 9.71. The van der Waals surface area contributed by atoms with Gasteiger partial charge in [-0.3, -0.25) is 9.16 Å². The molecule has 0 amide bonds. The fraction of sp³-hybridized carbons (Fsp3) is 0.650. The number of fused-ring (bicyclic) bond motifs is 1. The van der Waals surface area contributed by atoms with E-state index in [1.807, 2.05) is 16.7 Å². The largest absolute Gasteiger partial charge is 0.492 e. The van der Waals surface area contributed by atoms with Crippen LogP contribution in [0.4, 0.5) is 0 Å². The Labute approximate surface area is 171 Å². The molecule has 0 aliphatic heterocycles. The van der Waals surface area contributed by atoms with E-state index in [0.29, 0.717) is 25.8 Å². The third kappa shape index (κ3) is 6.97. The van der Waals surface area contributed by atoms with E-state index in [4.69, 9.17) is 9.47 Å². The number of aliphatic hydroxyl groups excluding tert-OH is 1. The van der Waals surface area contributed by atoms with Gasteiger partial charge in [-0.1, -0.05) is 19.8 Å². The number of halogens is 1. The van der Waals surface area contributed by atoms with Crippen LogP contribution in [0.15, 0.2) is 16.6 Å². The number of hydrogen-bond acceptors (Lipinski definition) is 4. The van der Waals surface area contributed by atoms with Gasteiger partial charge in [0.15, 0.2) is 0 Å². The molecule has 0 fully saturated rings. The van der Waals surface area contributed by atoms with Crippen LogP contribution in [0.5, 0.6) is 5.75 Å². The van der Waals surface area contributed by atoms with E-state index < -0.39 is 9.16 Å². The summed E-state index contributed by atoms with van der Waals surface area (Å²) in [6.07, 6.45) is 12.8. The highest BCUT2D eigenvalue weighted by Crippen LogP contribution is 2.54. The van der Waals surface area contributed by atoms with Crippen LogP contribution < -0.4 is 4.74 Å². The Kier molecular flexibility index (Phi) is 7.64. The second kappa shape index (κ2) is 9.16. The SMILES string of the molecule is CCCCCOc1cc2nc(CO)n(COCC[SH](C)(C)(C)C)c2cc1Br. The van der Waals surface area contributed by atoms with Crippen LogP contribution in [0, 0.1) is 0 Å². The number of imidazole rings is 1. The maximum Gasteiger partial charge on any atom is 0.137 e. The minimum Gasteiger partial charge on any atom is -0.492 e. The first kappa shape index (κ1) is 22.5. The summed E-state index contributed by atoms with van der Waals surface area (Å²) in [7, 11) is -1.57. The fourth-order valence-corrected chi connectivity index (χ4v) is 3.98. The predicted molar refractivity (Wildman–Crippen MR) is 122 cm³/mol. The van der Waals surface area contributed by atoms with E-state index in [-0.39, 0.29) is 6.61 Å². The Bertz CT molecular complexity index is 759. The Morgan fingerprint density at radius 2 is 1.89 bits per heavy atom. The molecule has 0 aliphatic carbocycles. The van der Waals surface area contributed by atoms with Crippen molar-refractivity contribution in [3.8, 4) is 5.75 Å². The fourth-order valence-electron chi connectivity index (χ4n) is 2.67. The Hall–Kier alpha value is -0.760. The maximum absolute atomic E-state index is 9.71. The van der Waals surface area contributed by atoms with Crippen molar-refractivity contribution in [2.45, 2.75) is 39.5 Å². The molecule has 1 heterocycles. The Morgan fingerprint density at radius 1 is 1.15 bits per heavy atom. The zero-order valence-corrected chi connectivity index (χ0v) is 19.8. The van der Waals surface area contributed by atoms with Gasteiger partial charge in [-0.15, -0.1) is 0 Å². The number of nitrogens with zero attached hydrogens (tertiary/aromatic N) is 2. The molecule has 0 bridgehead atoms. The lowest BCUT2D eigenvalue weighted by Gasteiger charge is -2.46. The summed E-state index contributed by atoms with van der Waals surface area (Å²) in [5.41, 5.74) is 1.75. The van der Waals surface area contributed by atoms with Gasteiger partial charge in [0.1, 0.15) is 24.9 Å². The van der Waals surface area contributed by atoms with Crippen LogP contribution in [0.3, 0.4) is 0 Å². The lowest BCUT2D eigenvalue weighted by atomic mass is 10.2. The first-order valence-electron chi connectivity index (χ1n) is 9.61. The third-order valence-corrected chi connectivity index (χ3v) is 6.97. The molecular formula is C20H35BrN2O3S. The number of rotatable bonds is 11. The van der Waals surface area contributed by atoms with Gasteiger partial charge in [0.05, 0.1) is 28.7 Å². The molecule has 7 heteroatoms. The molecule has 0 unspecified atom stereocenters. The smallest absolute Gasteiger partial charge is 0.137 e. The van der Waals surface area contributed by atoms with Gasteiger partial charge in [0, 0.05) is 6.07 Å². The minimum absolute atomic E-state index is 0.120. The van der Waals surface area contributed by atoms with Crippen molar-refractivity contribution < 1.29 is 14.6 Å². The molecule has 27 heavy (non-hydrogen) atoms. The minimum atomic E-state index is -1.57. The summed E-state index contributed by atoms with van der Waals surface area (Å²) >= 11 is 3.60. The van der Waals surface area contributed by atoms with E-state index in [9.17, 15) is 5.11 Å². The molecule has 0 aliphatic rings. The monoisotopic (exact) mass is 462 g/mol. The van der Waals surface area contributed by atoms with Crippen molar-refractivity contribution in [2.24, 2.45) is 0 Å². The molecule has 1 aromatic carbocycles. The first-order valence-corrected chi connectivity index (χ1v) is 14.6. The van der Waals surface area contributed by atoms with Gasteiger partial charge in [0.25, 0.3) is 0 Å². The van der Waals surface area contributed by atoms with E-state index in [0.717, 1.165) is 39.9 Å². The van der Waals surface area contributed by atoms with Crippen molar-refractivity contribution in [1.29, 1.82) is 0 Å². The summed E-state index contributed by atoms with van der Waals surface area (Å²) < 4.78 is 14.7. The Morgan fingerprint density at radius 3 is 2.52 bits per heavy atom. The molecule has 1 N–H and O–H groups in total. The zero-order valence-electron chi connectivity index (χ0n) is 17.3. The number of unbranched alkanes of at least 4 members (excludes halogenated alkanes) is 2. The number of benzene rings is 1. The van der Waals surface area contributed by atoms with E-state index >= 15 is 0 Å². The number of thiol groups is 1. The number of aliphatic hydroxyl groups is 1. The second-order valence-electron chi connectivity index (χ2n) is 9.15. The predicted octanol–water partition coefficient (Wildman–Crippen LogP) is 4.43. The Balaban J connectivity index is 2.13. The molecule has 2 rings (SSSR count). The van der Waals surface area contributed by atoms with Crippen molar-refractivity contribution in [3.63, 3.8) is 0 Å². The van der Waals surface area contributed by atoms with Crippen molar-refractivity contribution >= 4 is 36.1 Å². The highest BCUT2D eigenvalue weighted by molar-refractivity contribution is 9.10. The number of ether oxygens (including phenoxy) is 2. The van der Waals surface area contributed by atoms with Crippen LogP contribution in [-0.4, -0.2) is 58.6 Å². The average Bonchev–Trinajstić information content (AvgIpc) is 2.91. The molecule has 156 valence electrons. The summed E-state index contributed by atoms with van der Waals surface area (Å²) in [4.78, 5) is 4.56.